The molecule has 15 heavy (non-hydrogen) atoms. The molecule has 0 aliphatic rings. The third-order valence-corrected chi connectivity index (χ3v) is 2.07. The third kappa shape index (κ3) is 4.11. The van der Waals surface area contributed by atoms with E-state index >= 15 is 0 Å². The number of benzene rings is 1. The Morgan fingerprint density at radius 1 is 1.40 bits per heavy atom. The Hall–Kier alpha value is -0.710. The summed E-state index contributed by atoms with van der Waals surface area (Å²) in [5, 5.41) is 0. The van der Waals surface area contributed by atoms with E-state index in [0.29, 0.717) is 12.0 Å². The van der Waals surface area contributed by atoms with Gasteiger partial charge >= 0.3 is 6.61 Å². The first kappa shape index (κ1) is 12.4. The molecule has 0 bridgehead atoms. The number of hydrogen-bond acceptors (Lipinski definition) is 1. The minimum absolute atomic E-state index is 0.133. The summed E-state index contributed by atoms with van der Waals surface area (Å²) in [5.41, 5.74) is 0.473. The van der Waals surface area contributed by atoms with E-state index in [4.69, 9.17) is 0 Å². The van der Waals surface area contributed by atoms with Gasteiger partial charge in [-0.2, -0.15) is 8.78 Å². The van der Waals surface area contributed by atoms with Gasteiger partial charge in [0.15, 0.2) is 0 Å². The molecule has 0 spiro atoms. The van der Waals surface area contributed by atoms with Crippen molar-refractivity contribution in [3.05, 3.63) is 29.6 Å². The molecule has 0 heterocycles. The van der Waals surface area contributed by atoms with Gasteiger partial charge in [0.05, 0.1) is 0 Å². The highest BCUT2D eigenvalue weighted by atomic mass is 79.9. The van der Waals surface area contributed by atoms with E-state index in [1.54, 1.807) is 0 Å². The topological polar surface area (TPSA) is 9.23 Å². The van der Waals surface area contributed by atoms with Gasteiger partial charge < -0.3 is 4.74 Å². The molecule has 0 saturated heterocycles. The minimum Gasteiger partial charge on any atom is -0.435 e. The van der Waals surface area contributed by atoms with Crippen molar-refractivity contribution < 1.29 is 17.9 Å². The first-order valence-electron chi connectivity index (χ1n) is 4.36. The van der Waals surface area contributed by atoms with Gasteiger partial charge in [0.1, 0.15) is 11.6 Å². The first-order valence-corrected chi connectivity index (χ1v) is 5.28. The molecule has 0 aromatic heterocycles. The molecule has 0 radical (unpaired) electrons. The highest BCUT2D eigenvalue weighted by Crippen LogP contribution is 2.20. The minimum atomic E-state index is -2.93. The molecule has 0 saturated carbocycles. The first-order chi connectivity index (χ1) is 6.99. The van der Waals surface area contributed by atoms with E-state index in [1.165, 1.54) is 12.1 Å². The molecule has 0 amide bonds. The van der Waals surface area contributed by atoms with Crippen LogP contribution >= 0.6 is 15.9 Å². The number of rotatable bonds is 4. The van der Waals surface area contributed by atoms with Crippen molar-refractivity contribution in [1.82, 2.24) is 0 Å². The van der Waals surface area contributed by atoms with Gasteiger partial charge in [0.2, 0.25) is 0 Å². The molecule has 0 N–H and O–H groups in total. The third-order valence-electron chi connectivity index (χ3n) is 1.75. The van der Waals surface area contributed by atoms with Crippen LogP contribution in [0.1, 0.15) is 12.5 Å². The highest BCUT2D eigenvalue weighted by molar-refractivity contribution is 9.09. The van der Waals surface area contributed by atoms with E-state index in [9.17, 15) is 13.2 Å². The van der Waals surface area contributed by atoms with E-state index in [0.717, 1.165) is 6.07 Å². The zero-order valence-corrected chi connectivity index (χ0v) is 9.60. The SMILES string of the molecule is CC(Br)Cc1ccc(OC(F)F)cc1F. The van der Waals surface area contributed by atoms with Gasteiger partial charge in [-0.15, -0.1) is 0 Å². The Balaban J connectivity index is 2.78. The summed E-state index contributed by atoms with van der Waals surface area (Å²) in [7, 11) is 0. The lowest BCUT2D eigenvalue weighted by atomic mass is 10.1. The molecule has 1 atom stereocenters. The number of hydrogen-bond donors (Lipinski definition) is 0. The van der Waals surface area contributed by atoms with Crippen molar-refractivity contribution >= 4 is 15.9 Å². The van der Waals surface area contributed by atoms with Crippen LogP contribution in [0, 0.1) is 5.82 Å². The monoisotopic (exact) mass is 282 g/mol. The van der Waals surface area contributed by atoms with Crippen LogP contribution in [-0.4, -0.2) is 11.4 Å². The maximum atomic E-state index is 13.3. The van der Waals surface area contributed by atoms with Crippen molar-refractivity contribution in [2.75, 3.05) is 0 Å². The molecule has 1 unspecified atom stereocenters. The summed E-state index contributed by atoms with van der Waals surface area (Å²) in [6.07, 6.45) is 0.501. The molecule has 1 nitrogen and oxygen atoms in total. The van der Waals surface area contributed by atoms with Gasteiger partial charge in [-0.3, -0.25) is 0 Å². The highest BCUT2D eigenvalue weighted by Gasteiger charge is 2.09. The second-order valence-corrected chi connectivity index (χ2v) is 4.68. The maximum Gasteiger partial charge on any atom is 0.387 e. The summed E-state index contributed by atoms with van der Waals surface area (Å²) in [5.74, 6) is -0.687. The van der Waals surface area contributed by atoms with Crippen LogP contribution in [0.3, 0.4) is 0 Å². The predicted octanol–water partition coefficient (Wildman–Crippen LogP) is 3.75. The number of ether oxygens (including phenoxy) is 1. The lowest BCUT2D eigenvalue weighted by molar-refractivity contribution is -0.0500. The molecule has 1 aromatic rings. The Kier molecular flexibility index (Phi) is 4.45. The smallest absolute Gasteiger partial charge is 0.387 e. The average Bonchev–Trinajstić information content (AvgIpc) is 2.08. The van der Waals surface area contributed by atoms with Gasteiger partial charge in [-0.25, -0.2) is 4.39 Å². The number of halogens is 4. The van der Waals surface area contributed by atoms with Crippen LogP contribution in [0.2, 0.25) is 0 Å². The van der Waals surface area contributed by atoms with Crippen molar-refractivity contribution in [2.45, 2.75) is 24.8 Å². The van der Waals surface area contributed by atoms with Crippen LogP contribution in [-0.2, 0) is 6.42 Å². The predicted molar refractivity (Wildman–Crippen MR) is 55.1 cm³/mol. The Morgan fingerprint density at radius 3 is 2.53 bits per heavy atom. The number of alkyl halides is 3. The second kappa shape index (κ2) is 5.39. The largest absolute Gasteiger partial charge is 0.435 e. The summed E-state index contributed by atoms with van der Waals surface area (Å²) in [6, 6.07) is 3.75. The van der Waals surface area contributed by atoms with Crippen LogP contribution in [0.15, 0.2) is 18.2 Å². The van der Waals surface area contributed by atoms with Gasteiger partial charge in [0.25, 0.3) is 0 Å². The molecular formula is C10H10BrF3O. The van der Waals surface area contributed by atoms with E-state index in [2.05, 4.69) is 20.7 Å². The van der Waals surface area contributed by atoms with Crippen molar-refractivity contribution in [2.24, 2.45) is 0 Å². The van der Waals surface area contributed by atoms with E-state index in [1.807, 2.05) is 6.92 Å². The van der Waals surface area contributed by atoms with Crippen LogP contribution in [0.4, 0.5) is 13.2 Å². The fourth-order valence-electron chi connectivity index (χ4n) is 1.17. The Labute approximate surface area is 94.4 Å². The standard InChI is InChI=1S/C10H10BrF3O/c1-6(11)4-7-2-3-8(5-9(7)12)15-10(13)14/h2-3,5-6,10H,4H2,1H3. The van der Waals surface area contributed by atoms with Crippen LogP contribution < -0.4 is 4.74 Å². The zero-order chi connectivity index (χ0) is 11.4. The summed E-state index contributed by atoms with van der Waals surface area (Å²) in [6.45, 7) is -1.05. The van der Waals surface area contributed by atoms with Crippen LogP contribution in [0.25, 0.3) is 0 Å². The summed E-state index contributed by atoms with van der Waals surface area (Å²) in [4.78, 5) is 0.133. The fourth-order valence-corrected chi connectivity index (χ4v) is 1.52. The molecule has 84 valence electrons. The lowest BCUT2D eigenvalue weighted by Crippen LogP contribution is -2.04. The normalized spacial score (nSPS) is 12.9. The molecule has 1 rings (SSSR count). The van der Waals surface area contributed by atoms with Crippen LogP contribution in [0.5, 0.6) is 5.75 Å². The summed E-state index contributed by atoms with van der Waals surface area (Å²) < 4.78 is 41.0. The zero-order valence-electron chi connectivity index (χ0n) is 8.01. The van der Waals surface area contributed by atoms with Gasteiger partial charge in [0, 0.05) is 10.9 Å². The van der Waals surface area contributed by atoms with E-state index < -0.39 is 12.4 Å². The molecule has 1 aromatic carbocycles. The Bertz CT molecular complexity index is 328. The van der Waals surface area contributed by atoms with Crippen molar-refractivity contribution in [1.29, 1.82) is 0 Å². The Morgan fingerprint density at radius 2 is 2.07 bits per heavy atom. The van der Waals surface area contributed by atoms with Crippen molar-refractivity contribution in [3.8, 4) is 5.75 Å². The van der Waals surface area contributed by atoms with Gasteiger partial charge in [-0.1, -0.05) is 28.9 Å². The average molecular weight is 283 g/mol. The molecule has 0 aliphatic carbocycles. The fraction of sp³-hybridized carbons (Fsp3) is 0.400. The molecule has 0 fully saturated rings. The summed E-state index contributed by atoms with van der Waals surface area (Å²) >= 11 is 3.29. The van der Waals surface area contributed by atoms with Gasteiger partial charge in [-0.05, 0) is 18.1 Å². The quantitative estimate of drug-likeness (QED) is 0.765. The molecular weight excluding hydrogens is 273 g/mol. The van der Waals surface area contributed by atoms with E-state index in [-0.39, 0.29) is 10.6 Å². The molecule has 5 heteroatoms. The van der Waals surface area contributed by atoms with Crippen molar-refractivity contribution in [3.63, 3.8) is 0 Å². The second-order valence-electron chi connectivity index (χ2n) is 3.12. The maximum absolute atomic E-state index is 13.3. The molecule has 0 aliphatic heterocycles. The lowest BCUT2D eigenvalue weighted by Gasteiger charge is -2.08.